The van der Waals surface area contributed by atoms with Crippen LogP contribution in [0, 0.1) is 5.92 Å². The fourth-order valence-electron chi connectivity index (χ4n) is 3.35. The quantitative estimate of drug-likeness (QED) is 0.833. The average Bonchev–Trinajstić information content (AvgIpc) is 2.74. The number of carboxylic acids is 1. The van der Waals surface area contributed by atoms with Crippen molar-refractivity contribution < 1.29 is 19.5 Å². The lowest BCUT2D eigenvalue weighted by molar-refractivity contribution is -0.143. The van der Waals surface area contributed by atoms with Crippen molar-refractivity contribution in [1.29, 1.82) is 0 Å². The minimum absolute atomic E-state index is 0.110. The van der Waals surface area contributed by atoms with Crippen LogP contribution in [0.3, 0.4) is 0 Å². The van der Waals surface area contributed by atoms with Crippen molar-refractivity contribution in [2.45, 2.75) is 25.7 Å². The molecule has 1 heterocycles. The molecule has 6 heteroatoms. The SMILES string of the molecule is C[C@@H](C(=O)Nc1ccc(C(=O)N2CCC(C(=O)O)CC2)cc1)c1ccccc1. The molecular weight excluding hydrogens is 356 g/mol. The first kappa shape index (κ1) is 19.6. The second kappa shape index (κ2) is 8.69. The van der Waals surface area contributed by atoms with E-state index >= 15 is 0 Å². The van der Waals surface area contributed by atoms with E-state index in [1.807, 2.05) is 37.3 Å². The molecule has 1 atom stereocenters. The predicted octanol–water partition coefficient (Wildman–Crippen LogP) is 3.37. The monoisotopic (exact) mass is 380 g/mol. The maximum absolute atomic E-state index is 12.6. The van der Waals surface area contributed by atoms with Crippen molar-refractivity contribution in [1.82, 2.24) is 4.90 Å². The smallest absolute Gasteiger partial charge is 0.306 e. The summed E-state index contributed by atoms with van der Waals surface area (Å²) in [6.45, 7) is 2.75. The van der Waals surface area contributed by atoms with Crippen molar-refractivity contribution in [3.63, 3.8) is 0 Å². The van der Waals surface area contributed by atoms with Gasteiger partial charge >= 0.3 is 5.97 Å². The molecule has 0 unspecified atom stereocenters. The van der Waals surface area contributed by atoms with Crippen LogP contribution in [0.15, 0.2) is 54.6 Å². The van der Waals surface area contributed by atoms with E-state index in [1.54, 1.807) is 29.2 Å². The highest BCUT2D eigenvalue weighted by Crippen LogP contribution is 2.21. The zero-order valence-corrected chi connectivity index (χ0v) is 15.8. The van der Waals surface area contributed by atoms with Crippen molar-refractivity contribution in [3.05, 3.63) is 65.7 Å². The second-order valence-electron chi connectivity index (χ2n) is 7.10. The Hall–Kier alpha value is -3.15. The van der Waals surface area contributed by atoms with Gasteiger partial charge in [0.2, 0.25) is 5.91 Å². The highest BCUT2D eigenvalue weighted by Gasteiger charge is 2.27. The molecule has 3 rings (SSSR count). The van der Waals surface area contributed by atoms with Crippen LogP contribution in [0.2, 0.25) is 0 Å². The van der Waals surface area contributed by atoms with Crippen LogP contribution in [-0.2, 0) is 9.59 Å². The van der Waals surface area contributed by atoms with Gasteiger partial charge in [0.15, 0.2) is 0 Å². The number of carbonyl (C=O) groups is 3. The van der Waals surface area contributed by atoms with E-state index < -0.39 is 5.97 Å². The van der Waals surface area contributed by atoms with Gasteiger partial charge in [-0.15, -0.1) is 0 Å². The van der Waals surface area contributed by atoms with Crippen LogP contribution >= 0.6 is 0 Å². The van der Waals surface area contributed by atoms with Crippen LogP contribution in [-0.4, -0.2) is 40.9 Å². The first-order valence-electron chi connectivity index (χ1n) is 9.43. The fourth-order valence-corrected chi connectivity index (χ4v) is 3.35. The molecule has 0 aromatic heterocycles. The Balaban J connectivity index is 1.58. The summed E-state index contributed by atoms with van der Waals surface area (Å²) in [5.41, 5.74) is 2.10. The number of hydrogen-bond donors (Lipinski definition) is 2. The molecule has 1 fully saturated rings. The van der Waals surface area contributed by atoms with Crippen LogP contribution in [0.5, 0.6) is 0 Å². The molecule has 6 nitrogen and oxygen atoms in total. The van der Waals surface area contributed by atoms with Gasteiger partial charge in [0.1, 0.15) is 0 Å². The summed E-state index contributed by atoms with van der Waals surface area (Å²) in [6.07, 6.45) is 0.958. The van der Waals surface area contributed by atoms with Crippen LogP contribution in [0.4, 0.5) is 5.69 Å². The molecule has 2 N–H and O–H groups in total. The van der Waals surface area contributed by atoms with Crippen LogP contribution in [0.1, 0.15) is 41.6 Å². The second-order valence-corrected chi connectivity index (χ2v) is 7.10. The molecule has 2 aromatic carbocycles. The first-order chi connectivity index (χ1) is 13.5. The van der Waals surface area contributed by atoms with Crippen LogP contribution in [0.25, 0.3) is 0 Å². The first-order valence-corrected chi connectivity index (χ1v) is 9.43. The third kappa shape index (κ3) is 4.57. The van der Waals surface area contributed by atoms with Gasteiger partial charge in [-0.3, -0.25) is 14.4 Å². The van der Waals surface area contributed by atoms with Gasteiger partial charge in [0, 0.05) is 24.3 Å². The largest absolute Gasteiger partial charge is 0.481 e. The summed E-state index contributed by atoms with van der Waals surface area (Å²) < 4.78 is 0. The van der Waals surface area contributed by atoms with E-state index in [1.165, 1.54) is 0 Å². The normalized spacial score (nSPS) is 15.7. The van der Waals surface area contributed by atoms with Gasteiger partial charge in [-0.1, -0.05) is 30.3 Å². The number of aliphatic carboxylic acids is 1. The van der Waals surface area contributed by atoms with Gasteiger partial charge in [0.25, 0.3) is 5.91 Å². The van der Waals surface area contributed by atoms with E-state index in [-0.39, 0.29) is 23.7 Å². The Labute approximate surface area is 164 Å². The molecule has 0 radical (unpaired) electrons. The molecule has 146 valence electrons. The molecule has 2 amide bonds. The molecular formula is C22H24N2O4. The number of piperidine rings is 1. The van der Waals surface area contributed by atoms with E-state index in [0.717, 1.165) is 5.56 Å². The van der Waals surface area contributed by atoms with Crippen molar-refractivity contribution >= 4 is 23.5 Å². The van der Waals surface area contributed by atoms with E-state index in [4.69, 9.17) is 5.11 Å². The summed E-state index contributed by atoms with van der Waals surface area (Å²) >= 11 is 0. The molecule has 0 bridgehead atoms. The number of amides is 2. The van der Waals surface area contributed by atoms with Crippen molar-refractivity contribution in [2.24, 2.45) is 5.92 Å². The minimum atomic E-state index is -0.795. The molecule has 0 saturated carbocycles. The van der Waals surface area contributed by atoms with Crippen LogP contribution < -0.4 is 5.32 Å². The highest BCUT2D eigenvalue weighted by molar-refractivity contribution is 5.97. The number of nitrogens with zero attached hydrogens (tertiary/aromatic N) is 1. The molecule has 1 aliphatic heterocycles. The third-order valence-electron chi connectivity index (χ3n) is 5.22. The summed E-state index contributed by atoms with van der Waals surface area (Å²) in [6, 6.07) is 16.4. The third-order valence-corrected chi connectivity index (χ3v) is 5.22. The van der Waals surface area contributed by atoms with Crippen molar-refractivity contribution in [2.75, 3.05) is 18.4 Å². The minimum Gasteiger partial charge on any atom is -0.481 e. The Bertz CT molecular complexity index is 841. The van der Waals surface area contributed by atoms with Gasteiger partial charge < -0.3 is 15.3 Å². The molecule has 1 saturated heterocycles. The Morgan fingerprint density at radius 1 is 1.00 bits per heavy atom. The number of nitrogens with one attached hydrogen (secondary N) is 1. The zero-order valence-electron chi connectivity index (χ0n) is 15.8. The maximum Gasteiger partial charge on any atom is 0.306 e. The summed E-state index contributed by atoms with van der Waals surface area (Å²) in [5, 5.41) is 11.9. The Kier molecular flexibility index (Phi) is 6.09. The standard InChI is InChI=1S/C22H24N2O4/c1-15(16-5-3-2-4-6-16)20(25)23-19-9-7-17(8-10-19)21(26)24-13-11-18(12-14-24)22(27)28/h2-10,15,18H,11-14H2,1H3,(H,23,25)(H,27,28)/t15-/m1/s1. The van der Waals surface area contributed by atoms with E-state index in [0.29, 0.717) is 37.2 Å². The van der Waals surface area contributed by atoms with Crippen molar-refractivity contribution in [3.8, 4) is 0 Å². The summed E-state index contributed by atoms with van der Waals surface area (Å²) in [4.78, 5) is 37.7. The Morgan fingerprint density at radius 3 is 2.18 bits per heavy atom. The number of likely N-dealkylation sites (tertiary alicyclic amines) is 1. The fraction of sp³-hybridized carbons (Fsp3) is 0.318. The number of anilines is 1. The number of hydrogen-bond acceptors (Lipinski definition) is 3. The average molecular weight is 380 g/mol. The Morgan fingerprint density at radius 2 is 1.61 bits per heavy atom. The lowest BCUT2D eigenvalue weighted by atomic mass is 9.96. The van der Waals surface area contributed by atoms with Gasteiger partial charge in [-0.25, -0.2) is 0 Å². The summed E-state index contributed by atoms with van der Waals surface area (Å²) in [7, 11) is 0. The molecule has 0 aliphatic carbocycles. The van der Waals surface area contributed by atoms with E-state index in [9.17, 15) is 14.4 Å². The molecule has 1 aliphatic rings. The lowest BCUT2D eigenvalue weighted by Crippen LogP contribution is -2.40. The molecule has 28 heavy (non-hydrogen) atoms. The molecule has 0 spiro atoms. The topological polar surface area (TPSA) is 86.7 Å². The number of carbonyl (C=O) groups excluding carboxylic acids is 2. The molecule has 2 aromatic rings. The number of rotatable bonds is 5. The zero-order chi connectivity index (χ0) is 20.1. The summed E-state index contributed by atoms with van der Waals surface area (Å²) in [5.74, 6) is -1.66. The van der Waals surface area contributed by atoms with Gasteiger partial charge in [-0.05, 0) is 49.6 Å². The number of benzene rings is 2. The number of carboxylic acid groups (broad SMARTS) is 1. The predicted molar refractivity (Wildman–Crippen MR) is 106 cm³/mol. The highest BCUT2D eigenvalue weighted by atomic mass is 16.4. The van der Waals surface area contributed by atoms with Gasteiger partial charge in [-0.2, -0.15) is 0 Å². The van der Waals surface area contributed by atoms with Gasteiger partial charge in [0.05, 0.1) is 11.8 Å². The lowest BCUT2D eigenvalue weighted by Gasteiger charge is -2.30. The van der Waals surface area contributed by atoms with E-state index in [2.05, 4.69) is 5.32 Å². The maximum atomic E-state index is 12.6.